The Morgan fingerprint density at radius 1 is 1.12 bits per heavy atom. The van der Waals surface area contributed by atoms with Crippen molar-refractivity contribution in [3.8, 4) is 22.9 Å². The Bertz CT molecular complexity index is 488. The van der Waals surface area contributed by atoms with Crippen molar-refractivity contribution in [3.63, 3.8) is 0 Å². The molecule has 0 fully saturated rings. The van der Waals surface area contributed by atoms with Gasteiger partial charge < -0.3 is 19.3 Å². The number of benzene rings is 1. The third-order valence-corrected chi connectivity index (χ3v) is 2.25. The monoisotopic (exact) mass is 235 g/mol. The maximum Gasteiger partial charge on any atom is 0.321 e. The van der Waals surface area contributed by atoms with Gasteiger partial charge >= 0.3 is 6.01 Å². The highest BCUT2D eigenvalue weighted by molar-refractivity contribution is 5.61. The molecule has 0 aliphatic carbocycles. The molecule has 6 heteroatoms. The first-order chi connectivity index (χ1) is 8.26. The van der Waals surface area contributed by atoms with Crippen molar-refractivity contribution in [3.05, 3.63) is 18.2 Å². The highest BCUT2D eigenvalue weighted by atomic mass is 16.5. The molecule has 17 heavy (non-hydrogen) atoms. The molecule has 0 aliphatic rings. The van der Waals surface area contributed by atoms with E-state index in [4.69, 9.17) is 14.0 Å². The second-order valence-corrected chi connectivity index (χ2v) is 3.27. The lowest BCUT2D eigenvalue weighted by Crippen LogP contribution is -1.90. The lowest BCUT2D eigenvalue weighted by molar-refractivity contribution is 0.394. The highest BCUT2D eigenvalue weighted by Crippen LogP contribution is 2.28. The molecule has 0 saturated carbocycles. The maximum atomic E-state index is 5.17. The number of anilines is 1. The van der Waals surface area contributed by atoms with E-state index in [0.29, 0.717) is 23.3 Å². The van der Waals surface area contributed by atoms with E-state index in [0.717, 1.165) is 5.56 Å². The van der Waals surface area contributed by atoms with Gasteiger partial charge in [0.1, 0.15) is 11.5 Å². The van der Waals surface area contributed by atoms with Crippen LogP contribution in [-0.4, -0.2) is 31.4 Å². The second-order valence-electron chi connectivity index (χ2n) is 3.27. The quantitative estimate of drug-likeness (QED) is 0.871. The normalized spacial score (nSPS) is 10.1. The number of nitrogens with one attached hydrogen (secondary N) is 1. The number of hydrogen-bond acceptors (Lipinski definition) is 6. The van der Waals surface area contributed by atoms with Gasteiger partial charge in [-0.2, -0.15) is 4.98 Å². The fourth-order valence-electron chi connectivity index (χ4n) is 1.38. The summed E-state index contributed by atoms with van der Waals surface area (Å²) in [5, 5.41) is 6.62. The van der Waals surface area contributed by atoms with Gasteiger partial charge in [0.15, 0.2) is 0 Å². The zero-order chi connectivity index (χ0) is 12.3. The Balaban J connectivity index is 2.43. The number of rotatable bonds is 4. The molecule has 0 aliphatic heterocycles. The summed E-state index contributed by atoms with van der Waals surface area (Å²) >= 11 is 0. The summed E-state index contributed by atoms with van der Waals surface area (Å²) in [6, 6.07) is 5.77. The van der Waals surface area contributed by atoms with Crippen LogP contribution in [-0.2, 0) is 0 Å². The summed E-state index contributed by atoms with van der Waals surface area (Å²) in [7, 11) is 4.89. The van der Waals surface area contributed by atoms with Gasteiger partial charge in [-0.3, -0.25) is 0 Å². The van der Waals surface area contributed by atoms with Crippen LogP contribution in [0.3, 0.4) is 0 Å². The third kappa shape index (κ3) is 2.30. The number of aromatic nitrogens is 2. The predicted molar refractivity (Wildman–Crippen MR) is 62.4 cm³/mol. The van der Waals surface area contributed by atoms with E-state index in [-0.39, 0.29) is 0 Å². The zero-order valence-electron chi connectivity index (χ0n) is 9.85. The molecule has 0 spiro atoms. The lowest BCUT2D eigenvalue weighted by Gasteiger charge is -2.05. The molecule has 1 heterocycles. The molecule has 1 aromatic heterocycles. The van der Waals surface area contributed by atoms with Gasteiger partial charge in [-0.25, -0.2) is 0 Å². The van der Waals surface area contributed by atoms with Crippen LogP contribution in [0.1, 0.15) is 0 Å². The predicted octanol–water partition coefficient (Wildman–Crippen LogP) is 1.80. The summed E-state index contributed by atoms with van der Waals surface area (Å²) in [5.41, 5.74) is 0.770. The van der Waals surface area contributed by atoms with Crippen LogP contribution in [0, 0.1) is 0 Å². The van der Waals surface area contributed by atoms with E-state index in [9.17, 15) is 0 Å². The van der Waals surface area contributed by atoms with Crippen molar-refractivity contribution < 1.29 is 14.0 Å². The number of nitrogens with zero attached hydrogens (tertiary/aromatic N) is 2. The van der Waals surface area contributed by atoms with Crippen molar-refractivity contribution in [2.45, 2.75) is 0 Å². The smallest absolute Gasteiger partial charge is 0.321 e. The number of methoxy groups -OCH3 is 2. The van der Waals surface area contributed by atoms with Gasteiger partial charge in [0.05, 0.1) is 14.2 Å². The van der Waals surface area contributed by atoms with Crippen molar-refractivity contribution in [1.29, 1.82) is 0 Å². The molecule has 1 N–H and O–H groups in total. The van der Waals surface area contributed by atoms with E-state index < -0.39 is 0 Å². The summed E-state index contributed by atoms with van der Waals surface area (Å²) in [6.07, 6.45) is 0. The van der Waals surface area contributed by atoms with Gasteiger partial charge in [0.25, 0.3) is 0 Å². The Morgan fingerprint density at radius 3 is 2.24 bits per heavy atom. The molecular weight excluding hydrogens is 222 g/mol. The molecule has 0 amide bonds. The van der Waals surface area contributed by atoms with Gasteiger partial charge in [0, 0.05) is 18.7 Å². The van der Waals surface area contributed by atoms with Crippen LogP contribution in [0.25, 0.3) is 11.4 Å². The lowest BCUT2D eigenvalue weighted by atomic mass is 10.2. The Hall–Kier alpha value is -2.24. The van der Waals surface area contributed by atoms with Crippen LogP contribution < -0.4 is 14.8 Å². The van der Waals surface area contributed by atoms with Crippen LogP contribution in [0.4, 0.5) is 6.01 Å². The Morgan fingerprint density at radius 2 is 1.76 bits per heavy atom. The largest absolute Gasteiger partial charge is 0.497 e. The molecule has 90 valence electrons. The van der Waals surface area contributed by atoms with Crippen molar-refractivity contribution >= 4 is 6.01 Å². The molecule has 6 nitrogen and oxygen atoms in total. The molecule has 0 bridgehead atoms. The van der Waals surface area contributed by atoms with Crippen molar-refractivity contribution in [1.82, 2.24) is 10.1 Å². The first-order valence-corrected chi connectivity index (χ1v) is 5.01. The average molecular weight is 235 g/mol. The van der Waals surface area contributed by atoms with Gasteiger partial charge in [-0.1, -0.05) is 5.16 Å². The number of hydrogen-bond donors (Lipinski definition) is 1. The van der Waals surface area contributed by atoms with E-state index >= 15 is 0 Å². The minimum absolute atomic E-state index is 0.363. The van der Waals surface area contributed by atoms with Gasteiger partial charge in [-0.05, 0) is 12.1 Å². The van der Waals surface area contributed by atoms with Gasteiger partial charge in [0.2, 0.25) is 5.82 Å². The van der Waals surface area contributed by atoms with Crippen LogP contribution in [0.15, 0.2) is 22.7 Å². The fraction of sp³-hybridized carbons (Fsp3) is 0.273. The van der Waals surface area contributed by atoms with Crippen LogP contribution >= 0.6 is 0 Å². The van der Waals surface area contributed by atoms with E-state index in [1.165, 1.54) is 0 Å². The molecule has 0 saturated heterocycles. The van der Waals surface area contributed by atoms with E-state index in [1.54, 1.807) is 27.3 Å². The van der Waals surface area contributed by atoms with Crippen LogP contribution in [0.2, 0.25) is 0 Å². The Kier molecular flexibility index (Phi) is 3.13. The zero-order valence-corrected chi connectivity index (χ0v) is 9.85. The summed E-state index contributed by atoms with van der Waals surface area (Å²) < 4.78 is 15.3. The highest BCUT2D eigenvalue weighted by Gasteiger charge is 2.10. The molecule has 0 radical (unpaired) electrons. The fourth-order valence-corrected chi connectivity index (χ4v) is 1.38. The molecule has 2 rings (SSSR count). The minimum atomic E-state index is 0.363. The minimum Gasteiger partial charge on any atom is -0.497 e. The first-order valence-electron chi connectivity index (χ1n) is 5.01. The molecular formula is C11H13N3O3. The summed E-state index contributed by atoms with van der Waals surface area (Å²) in [6.45, 7) is 0. The number of ether oxygens (including phenoxy) is 2. The van der Waals surface area contributed by atoms with Gasteiger partial charge in [-0.15, -0.1) is 0 Å². The SMILES string of the molecule is CNc1nc(-c2cc(OC)cc(OC)c2)no1. The Labute approximate surface area is 98.5 Å². The summed E-state index contributed by atoms with van der Waals surface area (Å²) in [5.74, 6) is 1.83. The molecule has 0 atom stereocenters. The summed E-state index contributed by atoms with van der Waals surface area (Å²) in [4.78, 5) is 4.15. The van der Waals surface area contributed by atoms with Crippen molar-refractivity contribution in [2.24, 2.45) is 0 Å². The molecule has 0 unspecified atom stereocenters. The van der Waals surface area contributed by atoms with Crippen LogP contribution in [0.5, 0.6) is 11.5 Å². The maximum absolute atomic E-state index is 5.17. The average Bonchev–Trinajstić information content (AvgIpc) is 2.86. The van der Waals surface area contributed by atoms with Crippen molar-refractivity contribution in [2.75, 3.05) is 26.6 Å². The molecule has 2 aromatic rings. The second kappa shape index (κ2) is 4.73. The standard InChI is InChI=1S/C11H13N3O3/c1-12-11-13-10(14-17-11)7-4-8(15-2)6-9(5-7)16-3/h4-6H,1-3H3,(H,12,13,14). The van der Waals surface area contributed by atoms with E-state index in [1.807, 2.05) is 12.1 Å². The first kappa shape index (κ1) is 11.3. The third-order valence-electron chi connectivity index (χ3n) is 2.25. The topological polar surface area (TPSA) is 69.4 Å². The molecule has 1 aromatic carbocycles. The van der Waals surface area contributed by atoms with E-state index in [2.05, 4.69) is 15.5 Å².